The zero-order chi connectivity index (χ0) is 37.1. The number of para-hydroxylation sites is 2. The molecule has 4 heterocycles. The maximum Gasteiger partial charge on any atom is 0.144 e. The second kappa shape index (κ2) is 11.7. The summed E-state index contributed by atoms with van der Waals surface area (Å²) in [6.07, 6.45) is 18.5. The molecule has 12 rings (SSSR count). The Balaban J connectivity index is 1.08. The molecule has 266 valence electrons. The average molecular weight is 722 g/mol. The summed E-state index contributed by atoms with van der Waals surface area (Å²) in [7, 11) is 0. The van der Waals surface area contributed by atoms with E-state index in [-0.39, 0.29) is 12.0 Å². The first-order chi connectivity index (χ1) is 27.6. The van der Waals surface area contributed by atoms with Gasteiger partial charge in [-0.15, -0.1) is 0 Å². The number of furan rings is 1. The van der Waals surface area contributed by atoms with Crippen LogP contribution in [0.5, 0.6) is 0 Å². The standard InChI is InChI=1S/C51H35N3O2/c1-30-10-8-17-44-42(24-30)39-20-21-40-37-14-3-6-18-45(37)56-51(40)50(39)54(44)35-26-31(29-52)25-33(28-35)32-11-9-12-34(27-32)53-43-16-5-2-13-36(43)38-22-23-47-48(49(38)53)41-15-4-7-19-46(41)55-47/h2-9,11-19,22-28,37,45H,10,20-21H2,1H3. The molecule has 0 spiro atoms. The third-order valence-electron chi connectivity index (χ3n) is 12.3. The highest BCUT2D eigenvalue weighted by molar-refractivity contribution is 6.24. The van der Waals surface area contributed by atoms with Crippen molar-refractivity contribution in [1.29, 1.82) is 5.26 Å². The molecule has 2 atom stereocenters. The summed E-state index contributed by atoms with van der Waals surface area (Å²) in [5.74, 6) is 1.25. The van der Waals surface area contributed by atoms with Crippen LogP contribution in [0.1, 0.15) is 47.8 Å². The molecule has 0 amide bonds. The Morgan fingerprint density at radius 3 is 2.54 bits per heavy atom. The molecule has 0 radical (unpaired) electrons. The Labute approximate surface area is 323 Å². The normalized spacial score (nSPS) is 18.2. The van der Waals surface area contributed by atoms with Gasteiger partial charge in [0.15, 0.2) is 0 Å². The third-order valence-corrected chi connectivity index (χ3v) is 12.3. The second-order valence-corrected chi connectivity index (χ2v) is 15.5. The van der Waals surface area contributed by atoms with E-state index in [1.165, 1.54) is 33.0 Å². The Morgan fingerprint density at radius 1 is 0.750 bits per heavy atom. The number of ether oxygens (including phenoxy) is 1. The van der Waals surface area contributed by atoms with Crippen molar-refractivity contribution in [3.63, 3.8) is 0 Å². The van der Waals surface area contributed by atoms with E-state index in [1.54, 1.807) is 0 Å². The van der Waals surface area contributed by atoms with E-state index in [9.17, 15) is 5.26 Å². The number of nitrogens with zero attached hydrogens (tertiary/aromatic N) is 3. The molecule has 0 saturated heterocycles. The SMILES string of the molecule is CC1=Cc2c3c(n(-c4cc(C#N)cc(-c5cccc(-n6c7ccccc7c7ccc8oc9ccccc9c8c76)c5)c4)c2C=CC1)C1=C(CC3)C2C=CC=CC2O1. The lowest BCUT2D eigenvalue weighted by atomic mass is 9.84. The molecule has 3 aliphatic carbocycles. The van der Waals surface area contributed by atoms with E-state index < -0.39 is 0 Å². The molecule has 0 bridgehead atoms. The van der Waals surface area contributed by atoms with Crippen molar-refractivity contribution in [2.75, 3.05) is 0 Å². The second-order valence-electron chi connectivity index (χ2n) is 15.5. The highest BCUT2D eigenvalue weighted by Gasteiger charge is 2.41. The molecule has 5 nitrogen and oxygen atoms in total. The van der Waals surface area contributed by atoms with E-state index in [0.717, 1.165) is 91.9 Å². The zero-order valence-electron chi connectivity index (χ0n) is 30.8. The highest BCUT2D eigenvalue weighted by atomic mass is 16.5. The molecule has 4 aliphatic rings. The number of benzene rings is 5. The summed E-state index contributed by atoms with van der Waals surface area (Å²) in [4.78, 5) is 0. The Bertz CT molecular complexity index is 3240. The van der Waals surface area contributed by atoms with Crippen molar-refractivity contribution in [3.8, 4) is 28.6 Å². The summed E-state index contributed by atoms with van der Waals surface area (Å²) in [6.45, 7) is 2.21. The Hall–Kier alpha value is -7.03. The van der Waals surface area contributed by atoms with Gasteiger partial charge in [-0.2, -0.15) is 5.26 Å². The van der Waals surface area contributed by atoms with Crippen LogP contribution in [-0.4, -0.2) is 15.2 Å². The van der Waals surface area contributed by atoms with Gasteiger partial charge in [0.25, 0.3) is 0 Å². The fraction of sp³-hybridized carbons (Fsp3) is 0.118. The molecule has 1 aliphatic heterocycles. The quantitative estimate of drug-likeness (QED) is 0.182. The van der Waals surface area contributed by atoms with E-state index in [4.69, 9.17) is 9.15 Å². The average Bonchev–Trinajstić information content (AvgIpc) is 3.95. The number of hydrogen-bond donors (Lipinski definition) is 0. The number of rotatable bonds is 3. The van der Waals surface area contributed by atoms with Crippen LogP contribution in [0.2, 0.25) is 0 Å². The fourth-order valence-electron chi connectivity index (χ4n) is 9.86. The minimum absolute atomic E-state index is 0.0118. The third kappa shape index (κ3) is 4.41. The largest absolute Gasteiger partial charge is 0.483 e. The Kier molecular flexibility index (Phi) is 6.57. The van der Waals surface area contributed by atoms with Crippen LogP contribution in [0.4, 0.5) is 0 Å². The van der Waals surface area contributed by atoms with E-state index in [0.29, 0.717) is 5.56 Å². The van der Waals surface area contributed by atoms with Crippen LogP contribution in [0.25, 0.3) is 84.2 Å². The molecule has 3 aromatic heterocycles. The summed E-state index contributed by atoms with van der Waals surface area (Å²) >= 11 is 0. The van der Waals surface area contributed by atoms with Gasteiger partial charge in [-0.3, -0.25) is 0 Å². The van der Waals surface area contributed by atoms with Gasteiger partial charge in [0, 0.05) is 39.0 Å². The lowest BCUT2D eigenvalue weighted by molar-refractivity contribution is 0.211. The summed E-state index contributed by atoms with van der Waals surface area (Å²) in [5, 5.41) is 15.1. The van der Waals surface area contributed by atoms with Crippen molar-refractivity contribution in [2.24, 2.45) is 5.92 Å². The minimum Gasteiger partial charge on any atom is -0.483 e. The summed E-state index contributed by atoms with van der Waals surface area (Å²) in [6, 6.07) is 38.7. The van der Waals surface area contributed by atoms with Gasteiger partial charge in [0.2, 0.25) is 0 Å². The predicted octanol–water partition coefficient (Wildman–Crippen LogP) is 12.6. The van der Waals surface area contributed by atoms with Gasteiger partial charge in [-0.05, 0) is 115 Å². The molecule has 0 N–H and O–H groups in total. The predicted molar refractivity (Wildman–Crippen MR) is 227 cm³/mol. The van der Waals surface area contributed by atoms with Crippen molar-refractivity contribution < 1.29 is 9.15 Å². The van der Waals surface area contributed by atoms with Crippen LogP contribution in [0, 0.1) is 17.2 Å². The maximum absolute atomic E-state index is 10.5. The van der Waals surface area contributed by atoms with Crippen LogP contribution in [-0.2, 0) is 11.2 Å². The first-order valence-corrected chi connectivity index (χ1v) is 19.5. The number of nitriles is 1. The summed E-state index contributed by atoms with van der Waals surface area (Å²) in [5.41, 5.74) is 16.2. The molecular formula is C51H35N3O2. The first-order valence-electron chi connectivity index (χ1n) is 19.5. The van der Waals surface area contributed by atoms with E-state index in [1.807, 2.05) is 24.3 Å². The fourth-order valence-corrected chi connectivity index (χ4v) is 9.86. The van der Waals surface area contributed by atoms with Gasteiger partial charge in [-0.25, -0.2) is 0 Å². The highest BCUT2D eigenvalue weighted by Crippen LogP contribution is 2.50. The molecular weight excluding hydrogens is 687 g/mol. The van der Waals surface area contributed by atoms with Crippen molar-refractivity contribution >= 4 is 61.7 Å². The van der Waals surface area contributed by atoms with Crippen molar-refractivity contribution in [2.45, 2.75) is 32.3 Å². The van der Waals surface area contributed by atoms with Gasteiger partial charge in [-0.1, -0.05) is 84.5 Å². The van der Waals surface area contributed by atoms with Gasteiger partial charge < -0.3 is 18.3 Å². The summed E-state index contributed by atoms with van der Waals surface area (Å²) < 4.78 is 18.0. The van der Waals surface area contributed by atoms with Crippen LogP contribution < -0.4 is 0 Å². The lowest BCUT2D eigenvalue weighted by Gasteiger charge is -2.20. The van der Waals surface area contributed by atoms with Gasteiger partial charge in [0.1, 0.15) is 23.0 Å². The molecule has 0 fully saturated rings. The van der Waals surface area contributed by atoms with Crippen molar-refractivity contribution in [1.82, 2.24) is 9.13 Å². The number of hydrogen-bond acceptors (Lipinski definition) is 3. The zero-order valence-corrected chi connectivity index (χ0v) is 30.8. The minimum atomic E-state index is 0.0118. The molecule has 5 aromatic carbocycles. The van der Waals surface area contributed by atoms with Crippen molar-refractivity contribution in [3.05, 3.63) is 173 Å². The molecule has 5 heteroatoms. The lowest BCUT2D eigenvalue weighted by Crippen LogP contribution is -2.16. The Morgan fingerprint density at radius 2 is 1.61 bits per heavy atom. The van der Waals surface area contributed by atoms with E-state index >= 15 is 0 Å². The molecule has 2 unspecified atom stereocenters. The number of allylic oxidation sites excluding steroid dienone is 4. The van der Waals surface area contributed by atoms with Gasteiger partial charge in [0.05, 0.1) is 39.4 Å². The molecule has 8 aromatic rings. The van der Waals surface area contributed by atoms with Gasteiger partial charge >= 0.3 is 0 Å². The van der Waals surface area contributed by atoms with E-state index in [2.05, 4.69) is 144 Å². The molecule has 56 heavy (non-hydrogen) atoms. The molecule has 0 saturated carbocycles. The number of aromatic nitrogens is 2. The van der Waals surface area contributed by atoms with Crippen LogP contribution in [0.15, 0.2) is 149 Å². The first kappa shape index (κ1) is 31.3. The van der Waals surface area contributed by atoms with Crippen LogP contribution in [0.3, 0.4) is 0 Å². The maximum atomic E-state index is 10.5. The van der Waals surface area contributed by atoms with Crippen LogP contribution >= 0.6 is 0 Å². The smallest absolute Gasteiger partial charge is 0.144 e. The number of fused-ring (bicyclic) bond motifs is 13. The monoisotopic (exact) mass is 721 g/mol. The topological polar surface area (TPSA) is 56.0 Å².